The maximum absolute atomic E-state index is 11.8. The molecule has 5 nitrogen and oxygen atoms in total. The monoisotopic (exact) mass is 259 g/mol. The van der Waals surface area contributed by atoms with E-state index in [4.69, 9.17) is 4.74 Å². The van der Waals surface area contributed by atoms with E-state index in [-0.39, 0.29) is 12.5 Å². The molecule has 5 heteroatoms. The maximum atomic E-state index is 11.8. The summed E-state index contributed by atoms with van der Waals surface area (Å²) in [6, 6.07) is 7.57. The number of aromatic nitrogens is 2. The Morgan fingerprint density at radius 1 is 1.26 bits per heavy atom. The Balaban J connectivity index is 1.90. The van der Waals surface area contributed by atoms with Crippen LogP contribution in [0.2, 0.25) is 0 Å². The van der Waals surface area contributed by atoms with Crippen LogP contribution in [0.4, 0.5) is 5.69 Å². The van der Waals surface area contributed by atoms with Gasteiger partial charge in [-0.2, -0.15) is 5.10 Å². The van der Waals surface area contributed by atoms with Crippen LogP contribution in [0.25, 0.3) is 0 Å². The Morgan fingerprint density at radius 3 is 2.53 bits per heavy atom. The minimum atomic E-state index is -0.201. The molecule has 0 bridgehead atoms. The first-order valence-corrected chi connectivity index (χ1v) is 6.07. The highest BCUT2D eigenvalue weighted by atomic mass is 16.5. The number of carbonyl (C=O) groups is 1. The van der Waals surface area contributed by atoms with E-state index in [9.17, 15) is 4.79 Å². The normalized spacial score (nSPS) is 10.3. The first-order chi connectivity index (χ1) is 9.06. The van der Waals surface area contributed by atoms with Crippen molar-refractivity contribution in [2.75, 3.05) is 11.9 Å². The molecule has 0 aliphatic rings. The number of hydrogen-bond acceptors (Lipinski definition) is 3. The number of amides is 1. The molecule has 0 spiro atoms. The molecule has 0 fully saturated rings. The number of ether oxygens (including phenoxy) is 1. The van der Waals surface area contributed by atoms with Crippen LogP contribution >= 0.6 is 0 Å². The highest BCUT2D eigenvalue weighted by molar-refractivity contribution is 5.92. The molecule has 1 heterocycles. The molecule has 0 atom stereocenters. The summed E-state index contributed by atoms with van der Waals surface area (Å²) in [6.45, 7) is 5.67. The molecule has 19 heavy (non-hydrogen) atoms. The van der Waals surface area contributed by atoms with Crippen molar-refractivity contribution in [3.63, 3.8) is 0 Å². The molecule has 2 rings (SSSR count). The van der Waals surface area contributed by atoms with Crippen LogP contribution in [-0.4, -0.2) is 22.7 Å². The van der Waals surface area contributed by atoms with E-state index in [0.29, 0.717) is 5.75 Å². The van der Waals surface area contributed by atoms with Gasteiger partial charge in [-0.1, -0.05) is 17.7 Å². The zero-order valence-electron chi connectivity index (χ0n) is 11.3. The summed E-state index contributed by atoms with van der Waals surface area (Å²) in [5.41, 5.74) is 3.47. The van der Waals surface area contributed by atoms with Gasteiger partial charge in [0.15, 0.2) is 6.61 Å². The number of nitrogens with zero attached hydrogens (tertiary/aromatic N) is 1. The number of hydrogen-bond donors (Lipinski definition) is 2. The van der Waals surface area contributed by atoms with Crippen molar-refractivity contribution in [2.24, 2.45) is 0 Å². The molecule has 0 saturated heterocycles. The third kappa shape index (κ3) is 3.34. The summed E-state index contributed by atoms with van der Waals surface area (Å²) >= 11 is 0. The fourth-order valence-corrected chi connectivity index (χ4v) is 1.69. The van der Waals surface area contributed by atoms with Gasteiger partial charge in [-0.05, 0) is 32.9 Å². The summed E-state index contributed by atoms with van der Waals surface area (Å²) in [6.07, 6.45) is 0. The van der Waals surface area contributed by atoms with Crippen molar-refractivity contribution in [3.8, 4) is 5.75 Å². The second kappa shape index (κ2) is 5.56. The number of anilines is 1. The van der Waals surface area contributed by atoms with Crippen LogP contribution < -0.4 is 10.1 Å². The first-order valence-electron chi connectivity index (χ1n) is 6.07. The standard InChI is InChI=1S/C14H17N3O2/c1-9-4-6-12(7-5-9)19-8-13(18)15-14-10(2)16-17-11(14)3/h4-7H,8H2,1-3H3,(H,15,18)(H,16,17). The molecule has 0 radical (unpaired) electrons. The van der Waals surface area contributed by atoms with Gasteiger partial charge in [0.1, 0.15) is 5.75 Å². The third-order valence-corrected chi connectivity index (χ3v) is 2.78. The van der Waals surface area contributed by atoms with Gasteiger partial charge >= 0.3 is 0 Å². The lowest BCUT2D eigenvalue weighted by Gasteiger charge is -2.07. The van der Waals surface area contributed by atoms with Crippen molar-refractivity contribution in [3.05, 3.63) is 41.2 Å². The minimum Gasteiger partial charge on any atom is -0.484 e. The lowest BCUT2D eigenvalue weighted by Crippen LogP contribution is -2.20. The number of H-pyrrole nitrogens is 1. The van der Waals surface area contributed by atoms with E-state index < -0.39 is 0 Å². The quantitative estimate of drug-likeness (QED) is 0.885. The van der Waals surface area contributed by atoms with Crippen molar-refractivity contribution < 1.29 is 9.53 Å². The fraction of sp³-hybridized carbons (Fsp3) is 0.286. The van der Waals surface area contributed by atoms with Gasteiger partial charge in [-0.25, -0.2) is 0 Å². The van der Waals surface area contributed by atoms with E-state index in [0.717, 1.165) is 22.6 Å². The zero-order chi connectivity index (χ0) is 13.8. The summed E-state index contributed by atoms with van der Waals surface area (Å²) in [4.78, 5) is 11.8. The van der Waals surface area contributed by atoms with E-state index >= 15 is 0 Å². The predicted octanol–water partition coefficient (Wildman–Crippen LogP) is 2.35. The van der Waals surface area contributed by atoms with Gasteiger partial charge in [-0.3, -0.25) is 9.89 Å². The molecule has 0 unspecified atom stereocenters. The van der Waals surface area contributed by atoms with Gasteiger partial charge in [0.2, 0.25) is 0 Å². The highest BCUT2D eigenvalue weighted by Gasteiger charge is 2.10. The van der Waals surface area contributed by atoms with Crippen molar-refractivity contribution in [1.82, 2.24) is 10.2 Å². The lowest BCUT2D eigenvalue weighted by molar-refractivity contribution is -0.118. The zero-order valence-corrected chi connectivity index (χ0v) is 11.3. The minimum absolute atomic E-state index is 0.0207. The molecule has 100 valence electrons. The number of nitrogens with one attached hydrogen (secondary N) is 2. The van der Waals surface area contributed by atoms with Gasteiger partial charge in [0.05, 0.1) is 17.1 Å². The Bertz CT molecular complexity index is 553. The molecular formula is C14H17N3O2. The summed E-state index contributed by atoms with van der Waals surface area (Å²) in [5, 5.41) is 9.62. The van der Waals surface area contributed by atoms with Crippen molar-refractivity contribution in [1.29, 1.82) is 0 Å². The summed E-state index contributed by atoms with van der Waals surface area (Å²) in [5.74, 6) is 0.481. The van der Waals surface area contributed by atoms with E-state index in [1.54, 1.807) is 0 Å². The fourth-order valence-electron chi connectivity index (χ4n) is 1.69. The molecule has 0 aliphatic heterocycles. The highest BCUT2D eigenvalue weighted by Crippen LogP contribution is 2.16. The van der Waals surface area contributed by atoms with E-state index in [1.165, 1.54) is 0 Å². The molecule has 2 aromatic rings. The Morgan fingerprint density at radius 2 is 1.95 bits per heavy atom. The molecule has 1 amide bonds. The second-order valence-corrected chi connectivity index (χ2v) is 4.46. The van der Waals surface area contributed by atoms with Crippen LogP contribution in [0.15, 0.2) is 24.3 Å². The summed E-state index contributed by atoms with van der Waals surface area (Å²) in [7, 11) is 0. The summed E-state index contributed by atoms with van der Waals surface area (Å²) < 4.78 is 5.41. The predicted molar refractivity (Wildman–Crippen MR) is 73.4 cm³/mol. The average molecular weight is 259 g/mol. The van der Waals surface area contributed by atoms with E-state index in [1.807, 2.05) is 45.0 Å². The smallest absolute Gasteiger partial charge is 0.262 e. The van der Waals surface area contributed by atoms with Crippen LogP contribution in [0.3, 0.4) is 0 Å². The Kier molecular flexibility index (Phi) is 3.85. The number of benzene rings is 1. The topological polar surface area (TPSA) is 67.0 Å². The number of carbonyl (C=O) groups excluding carboxylic acids is 1. The molecule has 1 aromatic carbocycles. The largest absolute Gasteiger partial charge is 0.484 e. The molecule has 0 saturated carbocycles. The van der Waals surface area contributed by atoms with Crippen LogP contribution in [0.1, 0.15) is 17.0 Å². The van der Waals surface area contributed by atoms with Gasteiger partial charge < -0.3 is 10.1 Å². The Hall–Kier alpha value is -2.30. The third-order valence-electron chi connectivity index (χ3n) is 2.78. The van der Waals surface area contributed by atoms with Gasteiger partial charge in [0.25, 0.3) is 5.91 Å². The SMILES string of the molecule is Cc1ccc(OCC(=O)Nc2c(C)n[nH]c2C)cc1. The van der Waals surface area contributed by atoms with Crippen molar-refractivity contribution in [2.45, 2.75) is 20.8 Å². The van der Waals surface area contributed by atoms with E-state index in [2.05, 4.69) is 15.5 Å². The first kappa shape index (κ1) is 13.1. The van der Waals surface area contributed by atoms with Crippen molar-refractivity contribution >= 4 is 11.6 Å². The van der Waals surface area contributed by atoms with Crippen LogP contribution in [-0.2, 0) is 4.79 Å². The molecule has 1 aromatic heterocycles. The molecule has 0 aliphatic carbocycles. The number of aryl methyl sites for hydroxylation is 3. The lowest BCUT2D eigenvalue weighted by atomic mass is 10.2. The second-order valence-electron chi connectivity index (χ2n) is 4.46. The Labute approximate surface area is 112 Å². The van der Waals surface area contributed by atoms with Crippen LogP contribution in [0, 0.1) is 20.8 Å². The van der Waals surface area contributed by atoms with Gasteiger partial charge in [0, 0.05) is 0 Å². The van der Waals surface area contributed by atoms with Crippen LogP contribution in [0.5, 0.6) is 5.75 Å². The average Bonchev–Trinajstić information content (AvgIpc) is 2.70. The maximum Gasteiger partial charge on any atom is 0.262 e. The number of rotatable bonds is 4. The number of aromatic amines is 1. The molecule has 2 N–H and O–H groups in total. The molecular weight excluding hydrogens is 242 g/mol. The van der Waals surface area contributed by atoms with Gasteiger partial charge in [-0.15, -0.1) is 0 Å².